The number of carbonyl (C=O) groups is 1. The lowest BCUT2D eigenvalue weighted by Gasteiger charge is -2.27. The number of hydrogen-bond acceptors (Lipinski definition) is 12. The molecule has 0 bridgehead atoms. The molecule has 6 N–H and O–H groups in total. The van der Waals surface area contributed by atoms with Crippen molar-refractivity contribution in [3.05, 3.63) is 95.0 Å². The summed E-state index contributed by atoms with van der Waals surface area (Å²) in [5.41, 5.74) is 3.89. The molecule has 0 amide bonds. The number of aliphatic hydroxyl groups excluding tert-OH is 1. The van der Waals surface area contributed by atoms with Gasteiger partial charge in [-0.25, -0.2) is 9.55 Å². The molecular weight excluding hydrogens is 643 g/mol. The van der Waals surface area contributed by atoms with Crippen LogP contribution in [0.15, 0.2) is 83.9 Å². The van der Waals surface area contributed by atoms with Crippen LogP contribution in [0.3, 0.4) is 0 Å². The second kappa shape index (κ2) is 13.1. The maximum atomic E-state index is 14.4. The molecule has 1 aliphatic heterocycles. The number of nitrogens with two attached hydrogens (primary N) is 1. The molecule has 16 heteroatoms. The lowest BCUT2D eigenvalue weighted by molar-refractivity contribution is -0.150. The predicted octanol–water partition coefficient (Wildman–Crippen LogP) is 3.35. The molecule has 252 valence electrons. The number of H-pyrrole nitrogens is 1. The van der Waals surface area contributed by atoms with Crippen LogP contribution in [0.2, 0.25) is 0 Å². The second-order valence-electron chi connectivity index (χ2n) is 11.7. The first-order chi connectivity index (χ1) is 22.9. The van der Waals surface area contributed by atoms with Gasteiger partial charge >= 0.3 is 13.7 Å². The number of benzene rings is 3. The van der Waals surface area contributed by atoms with Crippen molar-refractivity contribution < 1.29 is 38.1 Å². The smallest absolute Gasteiger partial charge is 0.457 e. The van der Waals surface area contributed by atoms with Gasteiger partial charge in [0.05, 0.1) is 12.9 Å². The largest absolute Gasteiger partial charge is 0.459 e. The summed E-state index contributed by atoms with van der Waals surface area (Å²) in [5, 5.41) is 26.6. The molecular formula is C32H35N6O9P. The lowest BCUT2D eigenvalue weighted by atomic mass is 9.96. The molecule has 7 atom stereocenters. The zero-order valence-corrected chi connectivity index (χ0v) is 27.1. The fourth-order valence-corrected chi connectivity index (χ4v) is 7.04. The monoisotopic (exact) mass is 678 g/mol. The number of fused-ring (bicyclic) bond motifs is 2. The Hall–Kier alpha value is -4.63. The van der Waals surface area contributed by atoms with E-state index in [4.69, 9.17) is 24.3 Å². The number of nitrogens with zero attached hydrogens (tertiary/aromatic N) is 3. The highest BCUT2D eigenvalue weighted by Crippen LogP contribution is 2.48. The summed E-state index contributed by atoms with van der Waals surface area (Å²) < 4.78 is 39.1. The van der Waals surface area contributed by atoms with Crippen molar-refractivity contribution in [2.24, 2.45) is 0 Å². The molecule has 0 spiro atoms. The molecule has 0 aliphatic carbocycles. The van der Waals surface area contributed by atoms with E-state index in [2.05, 4.69) is 20.0 Å². The lowest BCUT2D eigenvalue weighted by Crippen LogP contribution is -2.44. The van der Waals surface area contributed by atoms with Crippen LogP contribution in [0.25, 0.3) is 21.9 Å². The number of rotatable bonds is 11. The van der Waals surface area contributed by atoms with Crippen LogP contribution in [0, 0.1) is 0 Å². The molecule has 5 aromatic rings. The maximum Gasteiger partial charge on any atom is 0.459 e. The summed E-state index contributed by atoms with van der Waals surface area (Å²) in [5.74, 6) is -0.694. The first kappa shape index (κ1) is 33.3. The Morgan fingerprint density at radius 1 is 1.15 bits per heavy atom. The minimum atomic E-state index is -4.44. The minimum Gasteiger partial charge on any atom is -0.457 e. The Labute approximate surface area is 274 Å². The summed E-state index contributed by atoms with van der Waals surface area (Å²) in [7, 11) is -4.44. The Morgan fingerprint density at radius 3 is 2.62 bits per heavy atom. The average Bonchev–Trinajstić information content (AvgIpc) is 3.57. The molecule has 1 saturated heterocycles. The highest BCUT2D eigenvalue weighted by molar-refractivity contribution is 7.52. The van der Waals surface area contributed by atoms with Crippen LogP contribution in [0.1, 0.15) is 38.7 Å². The molecule has 6 rings (SSSR count). The van der Waals surface area contributed by atoms with E-state index in [1.165, 1.54) is 24.7 Å². The third kappa shape index (κ3) is 6.56. The van der Waals surface area contributed by atoms with Crippen LogP contribution < -0.4 is 20.9 Å². The van der Waals surface area contributed by atoms with Gasteiger partial charge in [0.1, 0.15) is 35.7 Å². The van der Waals surface area contributed by atoms with E-state index in [9.17, 15) is 24.4 Å². The first-order valence-electron chi connectivity index (χ1n) is 15.1. The third-order valence-electron chi connectivity index (χ3n) is 8.10. The van der Waals surface area contributed by atoms with E-state index in [1.807, 2.05) is 48.5 Å². The Kier molecular flexibility index (Phi) is 9.09. The van der Waals surface area contributed by atoms with Gasteiger partial charge in [0.15, 0.2) is 17.4 Å². The van der Waals surface area contributed by atoms with Crippen molar-refractivity contribution in [1.29, 1.82) is 0 Å². The predicted molar refractivity (Wildman–Crippen MR) is 175 cm³/mol. The van der Waals surface area contributed by atoms with Crippen molar-refractivity contribution in [2.75, 3.05) is 12.3 Å². The van der Waals surface area contributed by atoms with Crippen molar-refractivity contribution in [2.45, 2.75) is 57.0 Å². The van der Waals surface area contributed by atoms with E-state index in [1.54, 1.807) is 31.2 Å². The Morgan fingerprint density at radius 2 is 1.85 bits per heavy atom. The first-order valence-corrected chi connectivity index (χ1v) is 16.6. The topological polar surface area (TPSA) is 213 Å². The van der Waals surface area contributed by atoms with Crippen molar-refractivity contribution >= 4 is 41.6 Å². The van der Waals surface area contributed by atoms with Gasteiger partial charge in [-0.05, 0) is 37.8 Å². The molecule has 1 fully saturated rings. The molecule has 1 aliphatic rings. The van der Waals surface area contributed by atoms with Gasteiger partial charge in [0.25, 0.3) is 5.56 Å². The van der Waals surface area contributed by atoms with Gasteiger partial charge in [-0.3, -0.25) is 23.7 Å². The van der Waals surface area contributed by atoms with Gasteiger partial charge < -0.3 is 29.9 Å². The maximum absolute atomic E-state index is 14.4. The SMILES string of the molecule is CC(OC(=O)[C@H](C)NP(=O)(OC[C@H]1O[C@@H](n2cnc3c(=O)[nH]c(N)nc32)[C@](C)(O)[C@@H]1O)Oc1cccc2ccccc12)c1ccccc1. The fraction of sp³-hybridized carbons (Fsp3) is 0.312. The summed E-state index contributed by atoms with van der Waals surface area (Å²) in [4.78, 5) is 35.9. The van der Waals surface area contributed by atoms with Gasteiger partial charge in [0, 0.05) is 5.39 Å². The number of imidazole rings is 1. The molecule has 2 unspecified atom stereocenters. The number of ether oxygens (including phenoxy) is 2. The number of aromatic nitrogens is 4. The number of nitrogens with one attached hydrogen (secondary N) is 2. The van der Waals surface area contributed by atoms with Gasteiger partial charge in [-0.2, -0.15) is 10.1 Å². The molecule has 3 heterocycles. The summed E-state index contributed by atoms with van der Waals surface area (Å²) in [6, 6.07) is 20.4. The Bertz CT molecular complexity index is 2050. The van der Waals surface area contributed by atoms with Gasteiger partial charge in [-0.15, -0.1) is 0 Å². The van der Waals surface area contributed by atoms with Gasteiger partial charge in [-0.1, -0.05) is 66.7 Å². The molecule has 15 nitrogen and oxygen atoms in total. The fourth-order valence-electron chi connectivity index (χ4n) is 5.52. The molecule has 3 aromatic carbocycles. The number of hydrogen-bond donors (Lipinski definition) is 5. The van der Waals surface area contributed by atoms with Crippen molar-refractivity contribution in [3.63, 3.8) is 0 Å². The quantitative estimate of drug-likeness (QED) is 0.100. The van der Waals surface area contributed by atoms with Crippen molar-refractivity contribution in [3.8, 4) is 5.75 Å². The number of aliphatic hydroxyl groups is 2. The Balaban J connectivity index is 1.25. The van der Waals surface area contributed by atoms with E-state index in [-0.39, 0.29) is 22.9 Å². The summed E-state index contributed by atoms with van der Waals surface area (Å²) >= 11 is 0. The van der Waals surface area contributed by atoms with Crippen LogP contribution >= 0.6 is 7.75 Å². The highest BCUT2D eigenvalue weighted by atomic mass is 31.2. The normalized spacial score (nSPS) is 23.5. The zero-order chi connectivity index (χ0) is 34.2. The number of nitrogen functional groups attached to an aromatic ring is 1. The zero-order valence-electron chi connectivity index (χ0n) is 26.2. The highest BCUT2D eigenvalue weighted by Gasteiger charge is 2.54. The molecule has 48 heavy (non-hydrogen) atoms. The molecule has 0 saturated carbocycles. The van der Waals surface area contributed by atoms with E-state index >= 15 is 0 Å². The number of carbonyl (C=O) groups excluding carboxylic acids is 1. The molecule has 2 aromatic heterocycles. The van der Waals surface area contributed by atoms with E-state index < -0.39 is 62.1 Å². The van der Waals surface area contributed by atoms with E-state index in [0.717, 1.165) is 10.9 Å². The third-order valence-corrected chi connectivity index (χ3v) is 9.73. The number of anilines is 1. The van der Waals surface area contributed by atoms with Crippen LogP contribution in [0.5, 0.6) is 5.75 Å². The van der Waals surface area contributed by atoms with Crippen LogP contribution in [0.4, 0.5) is 5.95 Å². The van der Waals surface area contributed by atoms with Gasteiger partial charge in [0.2, 0.25) is 5.95 Å². The van der Waals surface area contributed by atoms with Crippen LogP contribution in [-0.2, 0) is 23.4 Å². The average molecular weight is 679 g/mol. The number of aromatic amines is 1. The second-order valence-corrected chi connectivity index (χ2v) is 13.4. The van der Waals surface area contributed by atoms with Crippen molar-refractivity contribution in [1.82, 2.24) is 24.6 Å². The summed E-state index contributed by atoms with van der Waals surface area (Å²) in [6.45, 7) is 3.93. The minimum absolute atomic E-state index is 0.0130. The number of esters is 1. The van der Waals surface area contributed by atoms with Crippen LogP contribution in [-0.4, -0.2) is 66.2 Å². The standard InChI is InChI=1S/C32H35N6O9P/c1-18(29(41)45-19(2)20-10-5-4-6-11-20)37-48(43,47-23-15-9-13-21-12-7-8-14-22(21)23)44-16-24-26(39)32(3,42)30(46-24)38-17-34-25-27(38)35-31(33)36-28(25)40/h4-15,17-19,24,26,30,39,42H,16H2,1-3H3,(H,37,43)(H3,33,35,36,40)/t18-,19?,24+,26+,30+,32+,48?/m0/s1. The summed E-state index contributed by atoms with van der Waals surface area (Å²) in [6.07, 6.45) is -3.53. The van der Waals surface area contributed by atoms with E-state index in [0.29, 0.717) is 5.39 Å². The molecule has 0 radical (unpaired) electrons.